The monoisotopic (exact) mass is 375 g/mol. The van der Waals surface area contributed by atoms with E-state index < -0.39 is 6.04 Å². The third kappa shape index (κ3) is 4.10. The summed E-state index contributed by atoms with van der Waals surface area (Å²) in [6, 6.07) is 18.3. The van der Waals surface area contributed by atoms with Gasteiger partial charge in [-0.1, -0.05) is 48.5 Å². The van der Waals surface area contributed by atoms with Crippen LogP contribution in [-0.2, 0) is 4.79 Å². The molecule has 1 fully saturated rings. The van der Waals surface area contributed by atoms with Gasteiger partial charge in [0.2, 0.25) is 5.91 Å². The van der Waals surface area contributed by atoms with Crippen molar-refractivity contribution < 1.29 is 9.59 Å². The highest BCUT2D eigenvalue weighted by atomic mass is 16.2. The zero-order valence-electron chi connectivity index (χ0n) is 15.2. The highest BCUT2D eigenvalue weighted by Crippen LogP contribution is 2.21. The molecule has 0 spiro atoms. The molecule has 4 rings (SSSR count). The van der Waals surface area contributed by atoms with Crippen molar-refractivity contribution >= 4 is 11.8 Å². The molecule has 0 radical (unpaired) electrons. The molecule has 7 heteroatoms. The minimum absolute atomic E-state index is 0.162. The number of hydrogen-bond donors (Lipinski definition) is 3. The molecule has 1 aliphatic carbocycles. The number of para-hydroxylation sites is 1. The van der Waals surface area contributed by atoms with Crippen LogP contribution >= 0.6 is 0 Å². The molecule has 28 heavy (non-hydrogen) atoms. The number of carbonyl (C=O) groups excluding carboxylic acids is 2. The van der Waals surface area contributed by atoms with Gasteiger partial charge in [-0.3, -0.25) is 19.6 Å². The third-order valence-electron chi connectivity index (χ3n) is 4.55. The number of rotatable bonds is 7. The fourth-order valence-electron chi connectivity index (χ4n) is 2.92. The lowest BCUT2D eigenvalue weighted by atomic mass is 10.1. The summed E-state index contributed by atoms with van der Waals surface area (Å²) in [5.41, 5.74) is 7.51. The van der Waals surface area contributed by atoms with Gasteiger partial charge < -0.3 is 5.32 Å². The molecule has 0 aliphatic heterocycles. The molecule has 1 atom stereocenters. The quantitative estimate of drug-likeness (QED) is 0.552. The fraction of sp³-hybridized carbons (Fsp3) is 0.190. The van der Waals surface area contributed by atoms with Gasteiger partial charge >= 0.3 is 0 Å². The van der Waals surface area contributed by atoms with Crippen LogP contribution in [0.3, 0.4) is 0 Å². The number of carbonyl (C=O) groups is 2. The average molecular weight is 375 g/mol. The van der Waals surface area contributed by atoms with E-state index in [1.807, 2.05) is 60.7 Å². The first-order valence-electron chi connectivity index (χ1n) is 9.21. The lowest BCUT2D eigenvalue weighted by Gasteiger charge is -2.19. The fourth-order valence-corrected chi connectivity index (χ4v) is 2.92. The first-order valence-corrected chi connectivity index (χ1v) is 9.21. The Morgan fingerprint density at radius 1 is 1.00 bits per heavy atom. The molecule has 2 amide bonds. The van der Waals surface area contributed by atoms with Crippen LogP contribution in [-0.4, -0.2) is 27.4 Å². The van der Waals surface area contributed by atoms with Gasteiger partial charge in [-0.25, -0.2) is 10.4 Å². The van der Waals surface area contributed by atoms with E-state index in [0.717, 1.165) is 24.1 Å². The lowest BCUT2D eigenvalue weighted by Crippen LogP contribution is -2.47. The van der Waals surface area contributed by atoms with E-state index in [1.165, 1.54) is 6.20 Å². The number of nitrogens with zero attached hydrogens (tertiary/aromatic N) is 2. The predicted molar refractivity (Wildman–Crippen MR) is 105 cm³/mol. The molecular weight excluding hydrogens is 354 g/mol. The van der Waals surface area contributed by atoms with Crippen molar-refractivity contribution in [1.82, 2.24) is 25.7 Å². The summed E-state index contributed by atoms with van der Waals surface area (Å²) in [6.45, 7) is 0. The maximum Gasteiger partial charge on any atom is 0.284 e. The largest absolute Gasteiger partial charge is 0.352 e. The first kappa shape index (κ1) is 17.9. The standard InChI is InChI=1S/C21H21N5O2/c27-20(18-13-22-14-26(18)17-9-5-2-6-10-17)25-24-19(15-7-3-1-4-8-15)21(28)23-16-11-12-16/h1-10,13-14,16,19,24H,11-12H2,(H,23,28)(H,25,27). The van der Waals surface area contributed by atoms with Crippen molar-refractivity contribution in [1.29, 1.82) is 0 Å². The SMILES string of the molecule is O=C(NNC(C(=O)NC1CC1)c1ccccc1)c1cncn1-c1ccccc1. The topological polar surface area (TPSA) is 88.1 Å². The van der Waals surface area contributed by atoms with E-state index in [1.54, 1.807) is 10.9 Å². The number of aromatic nitrogens is 2. The van der Waals surface area contributed by atoms with Crippen LogP contribution in [0.25, 0.3) is 5.69 Å². The summed E-state index contributed by atoms with van der Waals surface area (Å²) in [7, 11) is 0. The molecule has 1 aliphatic rings. The number of imidazole rings is 1. The van der Waals surface area contributed by atoms with E-state index in [2.05, 4.69) is 21.2 Å². The Labute approximate surface area is 162 Å². The molecule has 3 aromatic rings. The third-order valence-corrected chi connectivity index (χ3v) is 4.55. The second-order valence-electron chi connectivity index (χ2n) is 6.71. The van der Waals surface area contributed by atoms with Crippen LogP contribution in [0.2, 0.25) is 0 Å². The summed E-state index contributed by atoms with van der Waals surface area (Å²) < 4.78 is 1.69. The molecule has 1 unspecified atom stereocenters. The zero-order chi connectivity index (χ0) is 19.3. The van der Waals surface area contributed by atoms with Crippen molar-refractivity contribution in [3.8, 4) is 5.69 Å². The molecule has 1 heterocycles. The Bertz CT molecular complexity index is 951. The number of hydrogen-bond acceptors (Lipinski definition) is 4. The van der Waals surface area contributed by atoms with E-state index in [4.69, 9.17) is 0 Å². The lowest BCUT2D eigenvalue weighted by molar-refractivity contribution is -0.123. The highest BCUT2D eigenvalue weighted by molar-refractivity contribution is 5.93. The summed E-state index contributed by atoms with van der Waals surface area (Å²) in [4.78, 5) is 29.4. The molecule has 0 bridgehead atoms. The normalized spacial score (nSPS) is 14.3. The highest BCUT2D eigenvalue weighted by Gasteiger charge is 2.28. The molecule has 0 saturated heterocycles. The van der Waals surface area contributed by atoms with Crippen molar-refractivity contribution in [3.63, 3.8) is 0 Å². The molecule has 3 N–H and O–H groups in total. The summed E-state index contributed by atoms with van der Waals surface area (Å²) in [6.07, 6.45) is 5.07. The smallest absolute Gasteiger partial charge is 0.284 e. The van der Waals surface area contributed by atoms with Gasteiger partial charge in [0.25, 0.3) is 5.91 Å². The molecule has 2 aromatic carbocycles. The second-order valence-corrected chi connectivity index (χ2v) is 6.71. The molecule has 1 saturated carbocycles. The Kier molecular flexibility index (Phi) is 5.16. The molecular formula is C21H21N5O2. The van der Waals surface area contributed by atoms with E-state index >= 15 is 0 Å². The van der Waals surface area contributed by atoms with Crippen LogP contribution in [0.5, 0.6) is 0 Å². The van der Waals surface area contributed by atoms with Gasteiger partial charge in [-0.15, -0.1) is 0 Å². The Hall–Kier alpha value is -3.45. The summed E-state index contributed by atoms with van der Waals surface area (Å²) in [5.74, 6) is -0.535. The minimum atomic E-state index is -0.682. The van der Waals surface area contributed by atoms with Gasteiger partial charge in [0.1, 0.15) is 11.7 Å². The summed E-state index contributed by atoms with van der Waals surface area (Å²) in [5, 5.41) is 2.98. The number of amides is 2. The van der Waals surface area contributed by atoms with Crippen molar-refractivity contribution in [2.24, 2.45) is 0 Å². The van der Waals surface area contributed by atoms with E-state index in [-0.39, 0.29) is 17.9 Å². The van der Waals surface area contributed by atoms with Crippen LogP contribution in [0.1, 0.15) is 34.9 Å². The number of nitrogens with one attached hydrogen (secondary N) is 3. The minimum Gasteiger partial charge on any atom is -0.352 e. The molecule has 7 nitrogen and oxygen atoms in total. The van der Waals surface area contributed by atoms with Crippen LogP contribution < -0.4 is 16.2 Å². The van der Waals surface area contributed by atoms with Gasteiger partial charge in [-0.05, 0) is 30.5 Å². The van der Waals surface area contributed by atoms with Crippen LogP contribution in [0.4, 0.5) is 0 Å². The van der Waals surface area contributed by atoms with E-state index in [9.17, 15) is 9.59 Å². The van der Waals surface area contributed by atoms with Crippen LogP contribution in [0, 0.1) is 0 Å². The Morgan fingerprint density at radius 2 is 1.68 bits per heavy atom. The second kappa shape index (κ2) is 8.06. The number of hydrazine groups is 1. The maximum atomic E-state index is 12.7. The van der Waals surface area contributed by atoms with Crippen molar-refractivity contribution in [2.45, 2.75) is 24.9 Å². The molecule has 1 aromatic heterocycles. The van der Waals surface area contributed by atoms with Gasteiger partial charge in [-0.2, -0.15) is 0 Å². The Balaban J connectivity index is 1.49. The van der Waals surface area contributed by atoms with Gasteiger partial charge in [0.05, 0.1) is 12.5 Å². The van der Waals surface area contributed by atoms with Gasteiger partial charge in [0, 0.05) is 11.7 Å². The van der Waals surface area contributed by atoms with Crippen molar-refractivity contribution in [2.75, 3.05) is 0 Å². The van der Waals surface area contributed by atoms with Crippen molar-refractivity contribution in [3.05, 3.63) is 84.4 Å². The van der Waals surface area contributed by atoms with Crippen LogP contribution in [0.15, 0.2) is 73.2 Å². The van der Waals surface area contributed by atoms with E-state index in [0.29, 0.717) is 5.69 Å². The molecule has 142 valence electrons. The number of benzene rings is 2. The predicted octanol–water partition coefficient (Wildman–Crippen LogP) is 2.13. The zero-order valence-corrected chi connectivity index (χ0v) is 15.2. The average Bonchev–Trinajstić information content (AvgIpc) is 3.40. The Morgan fingerprint density at radius 3 is 2.36 bits per heavy atom. The first-order chi connectivity index (χ1) is 13.7. The summed E-state index contributed by atoms with van der Waals surface area (Å²) >= 11 is 0. The maximum absolute atomic E-state index is 12.7. The van der Waals surface area contributed by atoms with Gasteiger partial charge in [0.15, 0.2) is 0 Å².